The van der Waals surface area contributed by atoms with E-state index in [2.05, 4.69) is 10.3 Å². The number of rotatable bonds is 1. The number of hydrogen-bond donors (Lipinski definition) is 1. The molecule has 1 amide bonds. The van der Waals surface area contributed by atoms with Gasteiger partial charge in [-0.1, -0.05) is 41.4 Å². The van der Waals surface area contributed by atoms with E-state index in [9.17, 15) is 4.79 Å². The number of amides is 1. The molecule has 20 heavy (non-hydrogen) atoms. The molecule has 3 nitrogen and oxygen atoms in total. The van der Waals surface area contributed by atoms with E-state index in [1.54, 1.807) is 24.3 Å². The van der Waals surface area contributed by atoms with Crippen LogP contribution >= 0.6 is 23.2 Å². The first kappa shape index (κ1) is 13.2. The van der Waals surface area contributed by atoms with Gasteiger partial charge in [0.2, 0.25) is 0 Å². The molecular formula is C15H10Cl2N2O. The van der Waals surface area contributed by atoms with Gasteiger partial charge in [-0.15, -0.1) is 0 Å². The molecule has 0 atom stereocenters. The maximum absolute atomic E-state index is 12.1. The van der Waals surface area contributed by atoms with Crippen LogP contribution in [-0.2, 0) is 4.79 Å². The highest BCUT2D eigenvalue weighted by Crippen LogP contribution is 2.33. The Labute approximate surface area is 126 Å². The van der Waals surface area contributed by atoms with E-state index in [-0.39, 0.29) is 5.91 Å². The van der Waals surface area contributed by atoms with Crippen LogP contribution in [0.4, 0.5) is 11.4 Å². The fraction of sp³-hybridized carbons (Fsp3) is 0.0667. The molecule has 2 aromatic rings. The van der Waals surface area contributed by atoms with E-state index in [0.29, 0.717) is 32.7 Å². The second-order valence-electron chi connectivity index (χ2n) is 4.46. The number of para-hydroxylation sites is 1. The maximum atomic E-state index is 12.1. The topological polar surface area (TPSA) is 41.5 Å². The second-order valence-corrected chi connectivity index (χ2v) is 5.28. The number of benzene rings is 2. The van der Waals surface area contributed by atoms with Crippen LogP contribution in [0, 0.1) is 6.92 Å². The zero-order chi connectivity index (χ0) is 14.3. The van der Waals surface area contributed by atoms with Crippen LogP contribution in [0.3, 0.4) is 0 Å². The van der Waals surface area contributed by atoms with Gasteiger partial charge in [-0.3, -0.25) is 4.79 Å². The minimum atomic E-state index is -0.257. The minimum absolute atomic E-state index is 0.257. The number of anilines is 1. The van der Waals surface area contributed by atoms with Gasteiger partial charge in [-0.2, -0.15) is 0 Å². The standard InChI is InChI=1S/C15H10Cl2N2O/c1-8-10(16)5-3-7-12(8)18-14-9-4-2-6-11(17)13(9)19-15(14)20/h2-7H,1H3,(H,18,19,20). The SMILES string of the molecule is Cc1c(Cl)cccc1N=C1C(=O)Nc2c(Cl)cccc21. The number of halogens is 2. The van der Waals surface area contributed by atoms with Crippen molar-refractivity contribution in [3.63, 3.8) is 0 Å². The normalized spacial score (nSPS) is 15.3. The number of fused-ring (bicyclic) bond motifs is 1. The van der Waals surface area contributed by atoms with Gasteiger partial charge in [0.05, 0.1) is 16.4 Å². The largest absolute Gasteiger partial charge is 0.319 e. The monoisotopic (exact) mass is 304 g/mol. The lowest BCUT2D eigenvalue weighted by Crippen LogP contribution is -2.14. The van der Waals surface area contributed by atoms with Crippen LogP contribution in [0.5, 0.6) is 0 Å². The van der Waals surface area contributed by atoms with Crippen molar-refractivity contribution >= 4 is 46.2 Å². The van der Waals surface area contributed by atoms with Crippen molar-refractivity contribution in [2.45, 2.75) is 6.92 Å². The lowest BCUT2D eigenvalue weighted by molar-refractivity contribution is -0.110. The summed E-state index contributed by atoms with van der Waals surface area (Å²) in [5, 5.41) is 3.86. The molecule has 1 aliphatic rings. The zero-order valence-corrected chi connectivity index (χ0v) is 12.1. The summed E-state index contributed by atoms with van der Waals surface area (Å²) in [6, 6.07) is 10.8. The lowest BCUT2D eigenvalue weighted by atomic mass is 10.1. The predicted octanol–water partition coefficient (Wildman–Crippen LogP) is 4.37. The number of hydrogen-bond acceptors (Lipinski definition) is 2. The molecule has 0 saturated carbocycles. The highest BCUT2D eigenvalue weighted by molar-refractivity contribution is 6.55. The highest BCUT2D eigenvalue weighted by Gasteiger charge is 2.27. The molecule has 0 spiro atoms. The smallest absolute Gasteiger partial charge is 0.275 e. The molecule has 1 N–H and O–H groups in total. The third-order valence-corrected chi connectivity index (χ3v) is 3.92. The molecular weight excluding hydrogens is 295 g/mol. The quantitative estimate of drug-likeness (QED) is 0.835. The maximum Gasteiger partial charge on any atom is 0.275 e. The Balaban J connectivity index is 2.16. The Morgan fingerprint density at radius 3 is 2.55 bits per heavy atom. The average Bonchev–Trinajstić information content (AvgIpc) is 2.74. The van der Waals surface area contributed by atoms with E-state index >= 15 is 0 Å². The summed E-state index contributed by atoms with van der Waals surface area (Å²) in [6.07, 6.45) is 0. The molecule has 0 radical (unpaired) electrons. The summed E-state index contributed by atoms with van der Waals surface area (Å²) >= 11 is 12.1. The summed E-state index contributed by atoms with van der Waals surface area (Å²) in [7, 11) is 0. The first-order valence-corrected chi connectivity index (χ1v) is 6.77. The van der Waals surface area contributed by atoms with E-state index in [1.165, 1.54) is 0 Å². The van der Waals surface area contributed by atoms with Crippen molar-refractivity contribution in [2.24, 2.45) is 4.99 Å². The van der Waals surface area contributed by atoms with Crippen LogP contribution in [0.1, 0.15) is 11.1 Å². The highest BCUT2D eigenvalue weighted by atomic mass is 35.5. The first-order chi connectivity index (χ1) is 9.58. The summed E-state index contributed by atoms with van der Waals surface area (Å²) in [5.41, 5.74) is 3.19. The van der Waals surface area contributed by atoms with Gasteiger partial charge in [0.25, 0.3) is 5.91 Å². The molecule has 5 heteroatoms. The minimum Gasteiger partial charge on any atom is -0.319 e. The van der Waals surface area contributed by atoms with Crippen LogP contribution < -0.4 is 5.32 Å². The summed E-state index contributed by atoms with van der Waals surface area (Å²) in [5.74, 6) is -0.257. The molecule has 1 heterocycles. The molecule has 0 aliphatic carbocycles. The zero-order valence-electron chi connectivity index (χ0n) is 10.6. The Bertz CT molecular complexity index is 754. The number of nitrogens with one attached hydrogen (secondary N) is 1. The Morgan fingerprint density at radius 2 is 1.75 bits per heavy atom. The number of nitrogens with zero attached hydrogens (tertiary/aromatic N) is 1. The van der Waals surface area contributed by atoms with Gasteiger partial charge in [0, 0.05) is 10.6 Å². The molecule has 0 saturated heterocycles. The number of aliphatic imine (C=N–C) groups is 1. The Morgan fingerprint density at radius 1 is 1.05 bits per heavy atom. The summed E-state index contributed by atoms with van der Waals surface area (Å²) in [4.78, 5) is 16.5. The lowest BCUT2D eigenvalue weighted by Gasteiger charge is -2.03. The van der Waals surface area contributed by atoms with Crippen molar-refractivity contribution in [1.29, 1.82) is 0 Å². The van der Waals surface area contributed by atoms with E-state index < -0.39 is 0 Å². The molecule has 3 rings (SSSR count). The molecule has 100 valence electrons. The Hall–Kier alpha value is -1.84. The van der Waals surface area contributed by atoms with Gasteiger partial charge in [-0.05, 0) is 30.7 Å². The first-order valence-electron chi connectivity index (χ1n) is 6.02. The fourth-order valence-corrected chi connectivity index (χ4v) is 2.48. The Kier molecular flexibility index (Phi) is 3.24. The van der Waals surface area contributed by atoms with Crippen LogP contribution in [0.2, 0.25) is 10.0 Å². The molecule has 1 aliphatic heterocycles. The molecule has 0 bridgehead atoms. The van der Waals surface area contributed by atoms with Crippen molar-refractivity contribution in [2.75, 3.05) is 5.32 Å². The third kappa shape index (κ3) is 2.09. The van der Waals surface area contributed by atoms with Gasteiger partial charge in [0.1, 0.15) is 5.71 Å². The van der Waals surface area contributed by atoms with Crippen LogP contribution in [0.25, 0.3) is 0 Å². The van der Waals surface area contributed by atoms with Gasteiger partial charge in [0.15, 0.2) is 0 Å². The summed E-state index contributed by atoms with van der Waals surface area (Å²) in [6.45, 7) is 1.87. The van der Waals surface area contributed by atoms with Crippen molar-refractivity contribution < 1.29 is 4.79 Å². The summed E-state index contributed by atoms with van der Waals surface area (Å²) < 4.78 is 0. The second kappa shape index (κ2) is 4.93. The van der Waals surface area contributed by atoms with E-state index in [1.807, 2.05) is 19.1 Å². The molecule has 0 unspecified atom stereocenters. The van der Waals surface area contributed by atoms with Crippen molar-refractivity contribution in [3.8, 4) is 0 Å². The van der Waals surface area contributed by atoms with Crippen molar-refractivity contribution in [1.82, 2.24) is 0 Å². The molecule has 2 aromatic carbocycles. The fourth-order valence-electron chi connectivity index (χ4n) is 2.09. The third-order valence-electron chi connectivity index (χ3n) is 3.19. The van der Waals surface area contributed by atoms with Gasteiger partial charge < -0.3 is 5.32 Å². The molecule has 0 aromatic heterocycles. The van der Waals surface area contributed by atoms with Gasteiger partial charge >= 0.3 is 0 Å². The average molecular weight is 305 g/mol. The van der Waals surface area contributed by atoms with E-state index in [0.717, 1.165) is 5.56 Å². The number of carbonyl (C=O) groups is 1. The predicted molar refractivity (Wildman–Crippen MR) is 82.5 cm³/mol. The van der Waals surface area contributed by atoms with E-state index in [4.69, 9.17) is 23.2 Å². The number of carbonyl (C=O) groups excluding carboxylic acids is 1. The van der Waals surface area contributed by atoms with Crippen molar-refractivity contribution in [3.05, 3.63) is 57.6 Å². The van der Waals surface area contributed by atoms with Gasteiger partial charge in [-0.25, -0.2) is 4.99 Å². The van der Waals surface area contributed by atoms with Crippen LogP contribution in [-0.4, -0.2) is 11.6 Å². The molecule has 0 fully saturated rings. The van der Waals surface area contributed by atoms with Crippen LogP contribution in [0.15, 0.2) is 41.4 Å².